The average Bonchev–Trinajstić information content (AvgIpc) is 2.50. The van der Waals surface area contributed by atoms with Gasteiger partial charge < -0.3 is 10.6 Å². The summed E-state index contributed by atoms with van der Waals surface area (Å²) in [5.41, 5.74) is 1.34. The zero-order valence-corrected chi connectivity index (χ0v) is 11.6. The van der Waals surface area contributed by atoms with E-state index in [1.54, 1.807) is 24.3 Å². The molecule has 0 aliphatic heterocycles. The van der Waals surface area contributed by atoms with Crippen LogP contribution in [0.2, 0.25) is 0 Å². The Morgan fingerprint density at radius 3 is 2.55 bits per heavy atom. The third-order valence-electron chi connectivity index (χ3n) is 2.89. The van der Waals surface area contributed by atoms with Crippen LogP contribution in [0.4, 0.5) is 20.2 Å². The number of hydrogen-bond acceptors (Lipinski definition) is 3. The summed E-state index contributed by atoms with van der Waals surface area (Å²) in [5, 5.41) is 13.7. The lowest BCUT2D eigenvalue weighted by Gasteiger charge is -2.09. The molecule has 22 heavy (non-hydrogen) atoms. The van der Waals surface area contributed by atoms with Crippen LogP contribution in [0.25, 0.3) is 0 Å². The minimum atomic E-state index is -0.630. The predicted molar refractivity (Wildman–Crippen MR) is 79.2 cm³/mol. The molecule has 2 aromatic rings. The molecule has 0 aliphatic rings. The molecule has 0 aromatic heterocycles. The lowest BCUT2D eigenvalue weighted by molar-refractivity contribution is -0.114. The molecule has 2 aromatic carbocycles. The van der Waals surface area contributed by atoms with Gasteiger partial charge in [0.05, 0.1) is 24.7 Å². The highest BCUT2D eigenvalue weighted by Gasteiger charge is 2.06. The van der Waals surface area contributed by atoms with Crippen LogP contribution in [0.1, 0.15) is 5.56 Å². The van der Waals surface area contributed by atoms with Crippen molar-refractivity contribution in [2.24, 2.45) is 0 Å². The molecule has 2 rings (SSSR count). The minimum Gasteiger partial charge on any atom is -0.374 e. The second-order valence-corrected chi connectivity index (χ2v) is 4.56. The van der Waals surface area contributed by atoms with Gasteiger partial charge in [0.1, 0.15) is 11.6 Å². The topological polar surface area (TPSA) is 64.9 Å². The SMILES string of the molecule is N#CCc1ccc(NC(=O)CNc2cc(F)ccc2F)cc1. The molecule has 0 bridgehead atoms. The number of carbonyl (C=O) groups is 1. The number of benzene rings is 2. The Labute approximate surface area is 126 Å². The summed E-state index contributed by atoms with van der Waals surface area (Å²) in [7, 11) is 0. The Morgan fingerprint density at radius 2 is 1.86 bits per heavy atom. The van der Waals surface area contributed by atoms with E-state index in [2.05, 4.69) is 10.6 Å². The van der Waals surface area contributed by atoms with Crippen LogP contribution in [0.5, 0.6) is 0 Å². The smallest absolute Gasteiger partial charge is 0.243 e. The third kappa shape index (κ3) is 4.28. The normalized spacial score (nSPS) is 9.86. The molecule has 0 saturated heterocycles. The van der Waals surface area contributed by atoms with E-state index in [1.807, 2.05) is 6.07 Å². The van der Waals surface area contributed by atoms with Crippen molar-refractivity contribution in [3.63, 3.8) is 0 Å². The van der Waals surface area contributed by atoms with Crippen LogP contribution in [0.15, 0.2) is 42.5 Å². The van der Waals surface area contributed by atoms with Gasteiger partial charge in [-0.2, -0.15) is 5.26 Å². The van der Waals surface area contributed by atoms with Gasteiger partial charge in [0.25, 0.3) is 0 Å². The molecule has 6 heteroatoms. The van der Waals surface area contributed by atoms with Crippen molar-refractivity contribution in [1.29, 1.82) is 5.26 Å². The van der Waals surface area contributed by atoms with E-state index < -0.39 is 17.5 Å². The fraction of sp³-hybridized carbons (Fsp3) is 0.125. The summed E-state index contributed by atoms with van der Waals surface area (Å²) in [6.07, 6.45) is 0.300. The fourth-order valence-electron chi connectivity index (χ4n) is 1.81. The average molecular weight is 301 g/mol. The zero-order valence-electron chi connectivity index (χ0n) is 11.6. The van der Waals surface area contributed by atoms with Gasteiger partial charge in [-0.3, -0.25) is 4.79 Å². The molecule has 0 heterocycles. The van der Waals surface area contributed by atoms with E-state index in [-0.39, 0.29) is 12.2 Å². The van der Waals surface area contributed by atoms with Gasteiger partial charge in [-0.1, -0.05) is 12.1 Å². The lowest BCUT2D eigenvalue weighted by Crippen LogP contribution is -2.22. The maximum absolute atomic E-state index is 13.4. The highest BCUT2D eigenvalue weighted by molar-refractivity contribution is 5.93. The summed E-state index contributed by atoms with van der Waals surface area (Å²) in [6, 6.07) is 11.8. The van der Waals surface area contributed by atoms with Crippen LogP contribution in [0.3, 0.4) is 0 Å². The van der Waals surface area contributed by atoms with Crippen molar-refractivity contribution in [3.05, 3.63) is 59.7 Å². The number of hydrogen-bond donors (Lipinski definition) is 2. The Kier molecular flexibility index (Phi) is 5.04. The number of amides is 1. The zero-order chi connectivity index (χ0) is 15.9. The summed E-state index contributed by atoms with van der Waals surface area (Å²) >= 11 is 0. The molecule has 0 atom stereocenters. The van der Waals surface area contributed by atoms with Crippen molar-refractivity contribution in [2.45, 2.75) is 6.42 Å². The molecule has 0 saturated carbocycles. The van der Waals surface area contributed by atoms with Crippen molar-refractivity contribution in [2.75, 3.05) is 17.2 Å². The number of nitrogens with one attached hydrogen (secondary N) is 2. The Morgan fingerprint density at radius 1 is 1.14 bits per heavy atom. The van der Waals surface area contributed by atoms with E-state index in [0.717, 1.165) is 23.8 Å². The van der Waals surface area contributed by atoms with Crippen LogP contribution < -0.4 is 10.6 Å². The first-order chi connectivity index (χ1) is 10.6. The quantitative estimate of drug-likeness (QED) is 0.892. The van der Waals surface area contributed by atoms with Gasteiger partial charge in [0.2, 0.25) is 5.91 Å². The molecule has 0 unspecified atom stereocenters. The fourth-order valence-corrected chi connectivity index (χ4v) is 1.81. The second-order valence-electron chi connectivity index (χ2n) is 4.56. The molecule has 0 aliphatic carbocycles. The second kappa shape index (κ2) is 7.18. The molecule has 0 fully saturated rings. The maximum Gasteiger partial charge on any atom is 0.243 e. The minimum absolute atomic E-state index is 0.0699. The van der Waals surface area contributed by atoms with Gasteiger partial charge in [-0.05, 0) is 35.9 Å². The first kappa shape index (κ1) is 15.4. The first-order valence-electron chi connectivity index (χ1n) is 6.53. The van der Waals surface area contributed by atoms with Crippen molar-refractivity contribution in [3.8, 4) is 6.07 Å². The lowest BCUT2D eigenvalue weighted by atomic mass is 10.1. The predicted octanol–water partition coefficient (Wildman–Crippen LogP) is 3.08. The molecule has 2 N–H and O–H groups in total. The maximum atomic E-state index is 13.4. The van der Waals surface area contributed by atoms with Crippen LogP contribution >= 0.6 is 0 Å². The molecule has 112 valence electrons. The Hall–Kier alpha value is -2.94. The standard InChI is InChI=1S/C16H13F2N3O/c17-12-3-6-14(18)15(9-12)20-10-16(22)21-13-4-1-11(2-5-13)7-8-19/h1-6,9,20H,7,10H2,(H,21,22). The highest BCUT2D eigenvalue weighted by atomic mass is 19.1. The number of nitrogens with zero attached hydrogens (tertiary/aromatic N) is 1. The van der Waals surface area contributed by atoms with E-state index in [1.165, 1.54) is 0 Å². The molecule has 0 spiro atoms. The van der Waals surface area contributed by atoms with Crippen molar-refractivity contribution >= 4 is 17.3 Å². The largest absolute Gasteiger partial charge is 0.374 e. The molecule has 0 radical (unpaired) electrons. The number of carbonyl (C=O) groups excluding carboxylic acids is 1. The van der Waals surface area contributed by atoms with Crippen molar-refractivity contribution < 1.29 is 13.6 Å². The highest BCUT2D eigenvalue weighted by Crippen LogP contribution is 2.15. The summed E-state index contributed by atoms with van der Waals surface area (Å²) in [6.45, 7) is -0.194. The van der Waals surface area contributed by atoms with Gasteiger partial charge in [0, 0.05) is 5.69 Å². The molecular formula is C16H13F2N3O. The van der Waals surface area contributed by atoms with Gasteiger partial charge in [-0.25, -0.2) is 8.78 Å². The van der Waals surface area contributed by atoms with E-state index >= 15 is 0 Å². The van der Waals surface area contributed by atoms with Gasteiger partial charge >= 0.3 is 0 Å². The Bertz CT molecular complexity index is 708. The molecular weight excluding hydrogens is 288 g/mol. The van der Waals surface area contributed by atoms with Crippen LogP contribution in [-0.2, 0) is 11.2 Å². The third-order valence-corrected chi connectivity index (χ3v) is 2.89. The summed E-state index contributed by atoms with van der Waals surface area (Å²) in [4.78, 5) is 11.8. The molecule has 4 nitrogen and oxygen atoms in total. The van der Waals surface area contributed by atoms with Crippen molar-refractivity contribution in [1.82, 2.24) is 0 Å². The van der Waals surface area contributed by atoms with E-state index in [0.29, 0.717) is 12.1 Å². The van der Waals surface area contributed by atoms with Crippen LogP contribution in [-0.4, -0.2) is 12.5 Å². The van der Waals surface area contributed by atoms with E-state index in [9.17, 15) is 13.6 Å². The summed E-state index contributed by atoms with van der Waals surface area (Å²) < 4.78 is 26.4. The number of anilines is 2. The van der Waals surface area contributed by atoms with Gasteiger partial charge in [-0.15, -0.1) is 0 Å². The number of rotatable bonds is 5. The summed E-state index contributed by atoms with van der Waals surface area (Å²) in [5.74, 6) is -1.61. The Balaban J connectivity index is 1.90. The monoisotopic (exact) mass is 301 g/mol. The van der Waals surface area contributed by atoms with Crippen LogP contribution in [0, 0.1) is 23.0 Å². The number of nitriles is 1. The first-order valence-corrected chi connectivity index (χ1v) is 6.53. The van der Waals surface area contributed by atoms with Gasteiger partial charge in [0.15, 0.2) is 0 Å². The number of halogens is 2. The van der Waals surface area contributed by atoms with E-state index in [4.69, 9.17) is 5.26 Å². The molecule has 1 amide bonds.